The van der Waals surface area contributed by atoms with E-state index >= 15 is 0 Å². The van der Waals surface area contributed by atoms with Crippen molar-refractivity contribution < 1.29 is 19.7 Å². The van der Waals surface area contributed by atoms with Crippen LogP contribution in [-0.4, -0.2) is 114 Å². The van der Waals surface area contributed by atoms with Crippen LogP contribution in [0.5, 0.6) is 11.5 Å². The van der Waals surface area contributed by atoms with Gasteiger partial charge in [-0.25, -0.2) is 38.8 Å². The van der Waals surface area contributed by atoms with E-state index in [1.54, 1.807) is 7.05 Å². The zero-order chi connectivity index (χ0) is 48.9. The summed E-state index contributed by atoms with van der Waals surface area (Å²) in [6.45, 7) is 3.68. The Balaban J connectivity index is 0.823. The highest BCUT2D eigenvalue weighted by atomic mass is 16.5. The number of fused-ring (bicyclic) bond motifs is 4. The van der Waals surface area contributed by atoms with Gasteiger partial charge in [0.15, 0.2) is 22.9 Å². The third-order valence-corrected chi connectivity index (χ3v) is 13.3. The van der Waals surface area contributed by atoms with Crippen LogP contribution >= 0.6 is 0 Å². The second kappa shape index (κ2) is 18.9. The number of nitrogens with one attached hydrogen (secondary N) is 3. The van der Waals surface area contributed by atoms with Crippen molar-refractivity contribution in [3.63, 3.8) is 0 Å². The third-order valence-electron chi connectivity index (χ3n) is 13.3. The molecule has 72 heavy (non-hydrogen) atoms. The number of pyridine rings is 2. The van der Waals surface area contributed by atoms with Crippen molar-refractivity contribution in [2.45, 2.75) is 69.5 Å². The first-order chi connectivity index (χ1) is 35.3. The Bertz CT molecular complexity index is 3600. The smallest absolute Gasteiger partial charge is 0.164 e. The van der Waals surface area contributed by atoms with Crippen LogP contribution in [0.25, 0.3) is 56.0 Å². The lowest BCUT2D eigenvalue weighted by Crippen LogP contribution is -2.29. The van der Waals surface area contributed by atoms with E-state index in [0.29, 0.717) is 66.1 Å². The van der Waals surface area contributed by atoms with Gasteiger partial charge in [-0.05, 0) is 81.3 Å². The van der Waals surface area contributed by atoms with E-state index in [2.05, 4.69) is 47.1 Å². The minimum atomic E-state index is -0.780. The van der Waals surface area contributed by atoms with Crippen LogP contribution in [0.15, 0.2) is 110 Å². The number of nitrogens with zero attached hydrogens (tertiary/aromatic N) is 12. The molecule has 366 valence electrons. The molecule has 2 fully saturated rings. The van der Waals surface area contributed by atoms with Crippen molar-refractivity contribution >= 4 is 44.9 Å². The van der Waals surface area contributed by atoms with E-state index in [1.165, 1.54) is 0 Å². The minimum absolute atomic E-state index is 0.0276. The Morgan fingerprint density at radius 3 is 2.07 bits per heavy atom. The Labute approximate surface area is 412 Å². The van der Waals surface area contributed by atoms with Crippen LogP contribution < -0.4 is 31.2 Å². The monoisotopic (exact) mass is 966 g/mol. The van der Waals surface area contributed by atoms with Crippen LogP contribution in [0, 0.1) is 6.92 Å². The maximum atomic E-state index is 10.2. The second-order valence-corrected chi connectivity index (χ2v) is 18.6. The normalized spacial score (nSPS) is 16.5. The topological polar surface area (TPSA) is 243 Å². The van der Waals surface area contributed by atoms with Gasteiger partial charge in [-0.15, -0.1) is 0 Å². The van der Waals surface area contributed by atoms with Crippen LogP contribution in [0.1, 0.15) is 59.8 Å². The molecule has 2 aliphatic rings. The van der Waals surface area contributed by atoms with Gasteiger partial charge in [0.25, 0.3) is 0 Å². The molecule has 0 saturated heterocycles. The molecule has 2 saturated carbocycles. The summed E-state index contributed by atoms with van der Waals surface area (Å²) in [4.78, 5) is 25.2. The molecule has 7 N–H and O–H groups in total. The van der Waals surface area contributed by atoms with Gasteiger partial charge in [-0.2, -0.15) is 15.3 Å². The molecule has 20 heteroatoms. The summed E-state index contributed by atoms with van der Waals surface area (Å²) >= 11 is 0. The molecule has 12 rings (SSSR count). The van der Waals surface area contributed by atoms with Gasteiger partial charge in [0.2, 0.25) is 0 Å². The van der Waals surface area contributed by atoms with E-state index in [9.17, 15) is 10.2 Å². The average Bonchev–Trinajstić information content (AvgIpc) is 4.16. The number of anilines is 2. The van der Waals surface area contributed by atoms with Crippen LogP contribution in [0.4, 0.5) is 11.6 Å². The highest BCUT2D eigenvalue weighted by Crippen LogP contribution is 2.53. The number of aryl methyl sites for hydroxylation is 1. The van der Waals surface area contributed by atoms with Gasteiger partial charge in [-0.1, -0.05) is 36.4 Å². The van der Waals surface area contributed by atoms with Gasteiger partial charge in [-0.3, -0.25) is 0 Å². The Morgan fingerprint density at radius 2 is 1.39 bits per heavy atom. The predicted octanol–water partition coefficient (Wildman–Crippen LogP) is 5.85. The molecule has 4 atom stereocenters. The highest BCUT2D eigenvalue weighted by molar-refractivity contribution is 5.89. The summed E-state index contributed by atoms with van der Waals surface area (Å²) in [5, 5.41) is 46.8. The van der Waals surface area contributed by atoms with Crippen molar-refractivity contribution in [1.82, 2.24) is 63.8 Å². The molecular formula is C52H54N16O4. The quantitative estimate of drug-likeness (QED) is 0.0525. The molecule has 10 aromatic rings. The number of rotatable bonds is 20. The number of ether oxygens (including phenoxy) is 2. The molecule has 0 bridgehead atoms. The summed E-state index contributed by atoms with van der Waals surface area (Å²) in [7, 11) is 1.79. The SMILES string of the molecule is CNCC(O)COc1cccc(-c2nc(NCc3cccc4c(C5CC5n5ncc6c(NCc7cn8cccc(C)c8n7)nc(-c7cccc(OCC(O)CN)c7)nc65)cnn34)c3cnn(C4CC4)c3n2)c1. The van der Waals surface area contributed by atoms with Crippen molar-refractivity contribution in [2.75, 3.05) is 44.0 Å². The summed E-state index contributed by atoms with van der Waals surface area (Å²) in [6, 6.07) is 25.8. The summed E-state index contributed by atoms with van der Waals surface area (Å²) in [6.07, 6.45) is 11.2. The third kappa shape index (κ3) is 8.89. The van der Waals surface area contributed by atoms with Crippen molar-refractivity contribution in [1.29, 1.82) is 0 Å². The first-order valence-electron chi connectivity index (χ1n) is 24.3. The molecule has 0 spiro atoms. The number of imidazole rings is 1. The molecule has 0 amide bonds. The fourth-order valence-electron chi connectivity index (χ4n) is 9.34. The van der Waals surface area contributed by atoms with Crippen molar-refractivity contribution in [2.24, 2.45) is 5.73 Å². The molecular weight excluding hydrogens is 913 g/mol. The number of nitrogens with two attached hydrogens (primary N) is 1. The first-order valence-corrected chi connectivity index (χ1v) is 24.3. The average molecular weight is 967 g/mol. The summed E-state index contributed by atoms with van der Waals surface area (Å²) in [5.74, 6) is 3.68. The van der Waals surface area contributed by atoms with Gasteiger partial charge >= 0.3 is 0 Å². The maximum Gasteiger partial charge on any atom is 0.164 e. The minimum Gasteiger partial charge on any atom is -0.491 e. The fourth-order valence-corrected chi connectivity index (χ4v) is 9.34. The number of aliphatic hydroxyl groups excluding tert-OH is 2. The van der Waals surface area contributed by atoms with Gasteiger partial charge in [0.1, 0.15) is 54.2 Å². The molecule has 0 radical (unpaired) electrons. The van der Waals surface area contributed by atoms with Gasteiger partial charge < -0.3 is 45.8 Å². The van der Waals surface area contributed by atoms with Crippen LogP contribution in [0.2, 0.25) is 0 Å². The zero-order valence-electron chi connectivity index (χ0n) is 39.8. The van der Waals surface area contributed by atoms with E-state index < -0.39 is 12.2 Å². The summed E-state index contributed by atoms with van der Waals surface area (Å²) < 4.78 is 19.9. The number of benzene rings is 2. The van der Waals surface area contributed by atoms with Gasteiger partial charge in [0, 0.05) is 48.1 Å². The first kappa shape index (κ1) is 45.1. The number of likely N-dealkylation sites (N-methyl/N-ethyl adjacent to an activating group) is 1. The lowest BCUT2D eigenvalue weighted by atomic mass is 10.1. The van der Waals surface area contributed by atoms with E-state index in [1.807, 2.05) is 104 Å². The predicted molar refractivity (Wildman–Crippen MR) is 272 cm³/mol. The van der Waals surface area contributed by atoms with E-state index in [4.69, 9.17) is 55.4 Å². The lowest BCUT2D eigenvalue weighted by Gasteiger charge is -2.13. The number of hydrogen-bond donors (Lipinski definition) is 6. The maximum absolute atomic E-state index is 10.2. The molecule has 4 unspecified atom stereocenters. The number of aromatic nitrogens is 12. The Kier molecular flexibility index (Phi) is 11.9. The largest absolute Gasteiger partial charge is 0.491 e. The van der Waals surface area contributed by atoms with Crippen molar-refractivity contribution in [3.05, 3.63) is 132 Å². The Hall–Kier alpha value is -8.04. The lowest BCUT2D eigenvalue weighted by molar-refractivity contribution is 0.108. The molecule has 2 aliphatic carbocycles. The molecule has 8 heterocycles. The van der Waals surface area contributed by atoms with Crippen molar-refractivity contribution in [3.8, 4) is 34.3 Å². The standard InChI is InChI=1S/C52H54N16O4/c1-30-7-6-16-65-27-33(60-50(30)65)21-55-48-43-26-59-68(52(43)64-47(61-48)32-9-3-11-38(17-32)71-28-36(69)20-53)45-19-40(45)41-24-57-66-35(10-5-13-44(41)66)22-56-49-42-25-58-67(34-14-15-34)51(42)63-46(62-49)31-8-4-12-39(18-31)72-29-37(70)23-54-2/h3-13,16-18,24-27,34,36-37,40,45,54,69-70H,14-15,19-23,28-29,53H2,1-2H3,(H,55,61,64)(H,56,62,63). The van der Waals surface area contributed by atoms with Crippen LogP contribution in [0.3, 0.4) is 0 Å². The molecule has 20 nitrogen and oxygen atoms in total. The molecule has 0 aliphatic heterocycles. The molecule has 2 aromatic carbocycles. The molecule has 8 aromatic heterocycles. The van der Waals surface area contributed by atoms with Crippen LogP contribution in [-0.2, 0) is 13.1 Å². The number of hydrogen-bond acceptors (Lipinski definition) is 16. The summed E-state index contributed by atoms with van der Waals surface area (Å²) in [5.41, 5.74) is 14.6. The second-order valence-electron chi connectivity index (χ2n) is 18.6. The Morgan fingerprint density at radius 1 is 0.722 bits per heavy atom. The highest BCUT2D eigenvalue weighted by Gasteiger charge is 2.44. The van der Waals surface area contributed by atoms with E-state index in [0.717, 1.165) is 80.5 Å². The van der Waals surface area contributed by atoms with E-state index in [-0.39, 0.29) is 31.7 Å². The van der Waals surface area contributed by atoms with Gasteiger partial charge in [0.05, 0.1) is 71.4 Å². The number of aliphatic hydroxyl groups is 2. The zero-order valence-corrected chi connectivity index (χ0v) is 39.8. The fraction of sp³-hybridized carbons (Fsp3) is 0.308.